The highest BCUT2D eigenvalue weighted by molar-refractivity contribution is 7.10. The number of carbonyl (C=O) groups is 1. The van der Waals surface area contributed by atoms with Crippen LogP contribution in [-0.4, -0.2) is 15.6 Å². The lowest BCUT2D eigenvalue weighted by Gasteiger charge is -2.01. The molecule has 1 heterocycles. The van der Waals surface area contributed by atoms with Gasteiger partial charge in [-0.05, 0) is 24.3 Å². The van der Waals surface area contributed by atoms with Gasteiger partial charge in [-0.25, -0.2) is 4.79 Å². The van der Waals surface area contributed by atoms with E-state index < -0.39 is 5.97 Å². The maximum absolute atomic E-state index is 11.5. The number of hydrogen-bond donors (Lipinski definition) is 1. The zero-order valence-electron chi connectivity index (χ0n) is 7.88. The highest BCUT2D eigenvalue weighted by atomic mass is 35.5. The molecule has 16 heavy (non-hydrogen) atoms. The van der Waals surface area contributed by atoms with Gasteiger partial charge < -0.3 is 10.5 Å². The zero-order chi connectivity index (χ0) is 11.5. The smallest absolute Gasteiger partial charge is 0.367 e. The Morgan fingerprint density at radius 3 is 2.62 bits per heavy atom. The van der Waals surface area contributed by atoms with E-state index in [1.54, 1.807) is 24.3 Å². The molecular weight excluding hydrogens is 250 g/mol. The summed E-state index contributed by atoms with van der Waals surface area (Å²) in [5.74, 6) is -0.254. The van der Waals surface area contributed by atoms with Gasteiger partial charge in [-0.3, -0.25) is 0 Å². The number of anilines is 1. The van der Waals surface area contributed by atoms with Crippen LogP contribution in [0.1, 0.15) is 10.5 Å². The number of carbonyl (C=O) groups excluding carboxylic acids is 1. The normalized spacial score (nSPS) is 10.1. The summed E-state index contributed by atoms with van der Waals surface area (Å²) in [5.41, 5.74) is 5.52. The Balaban J connectivity index is 2.14. The van der Waals surface area contributed by atoms with E-state index in [-0.39, 0.29) is 10.7 Å². The molecule has 2 rings (SSSR count). The third-order valence-corrected chi connectivity index (χ3v) is 2.54. The van der Waals surface area contributed by atoms with Crippen molar-refractivity contribution < 1.29 is 9.53 Å². The third-order valence-electron chi connectivity index (χ3n) is 1.73. The van der Waals surface area contributed by atoms with Gasteiger partial charge in [0.05, 0.1) is 0 Å². The molecular formula is C9H6ClN3O2S. The minimum absolute atomic E-state index is 0.0277. The third kappa shape index (κ3) is 2.29. The maximum atomic E-state index is 11.5. The standard InChI is InChI=1S/C9H6ClN3O2S/c10-5-1-3-6(4-2-5)15-9(14)7-8(11)16-13-12-7/h1-4H,11H2. The lowest BCUT2D eigenvalue weighted by atomic mass is 10.3. The van der Waals surface area contributed by atoms with Crippen molar-refractivity contribution in [2.24, 2.45) is 0 Å². The van der Waals surface area contributed by atoms with Gasteiger partial charge in [-0.15, -0.1) is 5.10 Å². The van der Waals surface area contributed by atoms with Crippen LogP contribution in [0, 0.1) is 0 Å². The van der Waals surface area contributed by atoms with E-state index in [1.165, 1.54) is 0 Å². The quantitative estimate of drug-likeness (QED) is 0.656. The molecule has 1 aromatic heterocycles. The van der Waals surface area contributed by atoms with Crippen molar-refractivity contribution in [3.63, 3.8) is 0 Å². The first kappa shape index (κ1) is 10.8. The second kappa shape index (κ2) is 4.46. The fourth-order valence-corrected chi connectivity index (χ4v) is 1.54. The van der Waals surface area contributed by atoms with E-state index in [1.807, 2.05) is 0 Å². The number of rotatable bonds is 2. The molecule has 0 aliphatic heterocycles. The van der Waals surface area contributed by atoms with Crippen LogP contribution >= 0.6 is 23.1 Å². The molecule has 82 valence electrons. The molecule has 2 N–H and O–H groups in total. The monoisotopic (exact) mass is 255 g/mol. The lowest BCUT2D eigenvalue weighted by Crippen LogP contribution is -2.10. The fourth-order valence-electron chi connectivity index (χ4n) is 0.997. The summed E-state index contributed by atoms with van der Waals surface area (Å²) in [6, 6.07) is 6.39. The summed E-state index contributed by atoms with van der Waals surface area (Å²) in [4.78, 5) is 11.5. The van der Waals surface area contributed by atoms with Gasteiger partial charge >= 0.3 is 5.97 Å². The van der Waals surface area contributed by atoms with Crippen molar-refractivity contribution in [2.45, 2.75) is 0 Å². The summed E-state index contributed by atoms with van der Waals surface area (Å²) in [7, 11) is 0. The Labute approximate surface area is 100.0 Å². The number of nitrogens with two attached hydrogens (primary N) is 1. The molecule has 5 nitrogen and oxygen atoms in total. The predicted octanol–water partition coefficient (Wildman–Crippen LogP) is 1.99. The molecule has 0 saturated heterocycles. The fraction of sp³-hybridized carbons (Fsp3) is 0. The lowest BCUT2D eigenvalue weighted by molar-refractivity contribution is 0.0729. The minimum atomic E-state index is -0.631. The average molecular weight is 256 g/mol. The number of benzene rings is 1. The molecule has 2 aromatic rings. The van der Waals surface area contributed by atoms with Crippen molar-refractivity contribution in [3.8, 4) is 5.75 Å². The van der Waals surface area contributed by atoms with Gasteiger partial charge in [0.1, 0.15) is 10.8 Å². The first-order valence-electron chi connectivity index (χ1n) is 4.22. The van der Waals surface area contributed by atoms with Crippen LogP contribution in [-0.2, 0) is 0 Å². The van der Waals surface area contributed by atoms with Crippen LogP contribution in [0.25, 0.3) is 0 Å². The zero-order valence-corrected chi connectivity index (χ0v) is 9.46. The predicted molar refractivity (Wildman–Crippen MR) is 60.7 cm³/mol. The van der Waals surface area contributed by atoms with Crippen LogP contribution < -0.4 is 10.5 Å². The van der Waals surface area contributed by atoms with Crippen LogP contribution in [0.5, 0.6) is 5.75 Å². The topological polar surface area (TPSA) is 78.1 Å². The van der Waals surface area contributed by atoms with E-state index in [2.05, 4.69) is 9.59 Å². The molecule has 0 fully saturated rings. The molecule has 0 unspecified atom stereocenters. The van der Waals surface area contributed by atoms with Crippen molar-refractivity contribution >= 4 is 34.1 Å². The second-order valence-electron chi connectivity index (χ2n) is 2.83. The number of aromatic nitrogens is 2. The molecule has 0 aliphatic carbocycles. The van der Waals surface area contributed by atoms with Crippen LogP contribution in [0.4, 0.5) is 5.00 Å². The molecule has 0 bridgehead atoms. The van der Waals surface area contributed by atoms with E-state index in [4.69, 9.17) is 22.1 Å². The Hall–Kier alpha value is -1.66. The molecule has 0 aliphatic rings. The minimum Gasteiger partial charge on any atom is -0.422 e. The Morgan fingerprint density at radius 1 is 1.38 bits per heavy atom. The van der Waals surface area contributed by atoms with E-state index in [0.717, 1.165) is 11.5 Å². The van der Waals surface area contributed by atoms with Crippen LogP contribution in [0.2, 0.25) is 5.02 Å². The maximum Gasteiger partial charge on any atom is 0.367 e. The Kier molecular flexibility index (Phi) is 3.02. The number of halogens is 1. The summed E-state index contributed by atoms with van der Waals surface area (Å²) >= 11 is 6.63. The molecule has 0 amide bonds. The summed E-state index contributed by atoms with van der Waals surface area (Å²) in [6.07, 6.45) is 0. The number of nitrogen functional groups attached to an aromatic ring is 1. The molecule has 0 spiro atoms. The summed E-state index contributed by atoms with van der Waals surface area (Å²) < 4.78 is 8.56. The van der Waals surface area contributed by atoms with Gasteiger partial charge in [0.25, 0.3) is 0 Å². The van der Waals surface area contributed by atoms with Gasteiger partial charge in [0.15, 0.2) is 0 Å². The highest BCUT2D eigenvalue weighted by Crippen LogP contribution is 2.19. The van der Waals surface area contributed by atoms with E-state index in [0.29, 0.717) is 10.8 Å². The molecule has 0 radical (unpaired) electrons. The number of nitrogens with zero attached hydrogens (tertiary/aromatic N) is 2. The summed E-state index contributed by atoms with van der Waals surface area (Å²) in [6.45, 7) is 0. The molecule has 0 atom stereocenters. The molecule has 1 aromatic carbocycles. The van der Waals surface area contributed by atoms with Crippen LogP contribution in [0.3, 0.4) is 0 Å². The highest BCUT2D eigenvalue weighted by Gasteiger charge is 2.16. The van der Waals surface area contributed by atoms with Gasteiger partial charge in [-0.2, -0.15) is 0 Å². The SMILES string of the molecule is Nc1snnc1C(=O)Oc1ccc(Cl)cc1. The number of hydrogen-bond acceptors (Lipinski definition) is 6. The Bertz CT molecular complexity index is 512. The summed E-state index contributed by atoms with van der Waals surface area (Å²) in [5, 5.41) is 4.37. The van der Waals surface area contributed by atoms with Gasteiger partial charge in [0.2, 0.25) is 5.69 Å². The molecule has 0 saturated carbocycles. The molecule has 7 heteroatoms. The van der Waals surface area contributed by atoms with Crippen molar-refractivity contribution in [2.75, 3.05) is 5.73 Å². The Morgan fingerprint density at radius 2 is 2.06 bits per heavy atom. The van der Waals surface area contributed by atoms with Crippen LogP contribution in [0.15, 0.2) is 24.3 Å². The van der Waals surface area contributed by atoms with Gasteiger partial charge in [0, 0.05) is 16.6 Å². The van der Waals surface area contributed by atoms with Crippen molar-refractivity contribution in [3.05, 3.63) is 35.0 Å². The van der Waals surface area contributed by atoms with Crippen molar-refractivity contribution in [1.82, 2.24) is 9.59 Å². The number of ether oxygens (including phenoxy) is 1. The van der Waals surface area contributed by atoms with Crippen molar-refractivity contribution in [1.29, 1.82) is 0 Å². The number of esters is 1. The second-order valence-corrected chi connectivity index (χ2v) is 4.05. The first-order chi connectivity index (χ1) is 7.66. The largest absolute Gasteiger partial charge is 0.422 e. The average Bonchev–Trinajstić information content (AvgIpc) is 2.68. The van der Waals surface area contributed by atoms with E-state index >= 15 is 0 Å². The van der Waals surface area contributed by atoms with Gasteiger partial charge in [-0.1, -0.05) is 16.1 Å². The van der Waals surface area contributed by atoms with E-state index in [9.17, 15) is 4.79 Å². The first-order valence-corrected chi connectivity index (χ1v) is 5.37.